The van der Waals surface area contributed by atoms with E-state index in [0.717, 1.165) is 25.1 Å². The summed E-state index contributed by atoms with van der Waals surface area (Å²) in [6, 6.07) is 1.85. The first-order chi connectivity index (χ1) is 9.28. The first kappa shape index (κ1) is 12.4. The fourth-order valence-electron chi connectivity index (χ4n) is 2.86. The Labute approximate surface area is 113 Å². The molecule has 3 heterocycles. The van der Waals surface area contributed by atoms with E-state index in [1.807, 2.05) is 17.9 Å². The molecule has 0 aromatic carbocycles. The molecule has 0 saturated carbocycles. The van der Waals surface area contributed by atoms with Gasteiger partial charge in [0.15, 0.2) is 0 Å². The van der Waals surface area contributed by atoms with Crippen molar-refractivity contribution in [1.82, 2.24) is 9.88 Å². The summed E-state index contributed by atoms with van der Waals surface area (Å²) in [7, 11) is 0. The number of amides is 1. The number of carbonyl (C=O) groups excluding carboxylic acids is 1. The molecular weight excluding hydrogens is 242 g/mol. The summed E-state index contributed by atoms with van der Waals surface area (Å²) in [4.78, 5) is 18.6. The number of hydrogen-bond acceptors (Lipinski definition) is 4. The van der Waals surface area contributed by atoms with E-state index in [1.165, 1.54) is 0 Å². The second-order valence-electron chi connectivity index (χ2n) is 5.12. The maximum Gasteiger partial charge on any atom is 0.257 e. The Bertz CT molecular complexity index is 466. The van der Waals surface area contributed by atoms with Crippen molar-refractivity contribution in [3.63, 3.8) is 0 Å². The topological polar surface area (TPSA) is 54.5 Å². The van der Waals surface area contributed by atoms with Crippen LogP contribution in [0.4, 0.5) is 5.69 Å². The molecule has 2 atom stereocenters. The van der Waals surface area contributed by atoms with Gasteiger partial charge in [-0.15, -0.1) is 0 Å². The van der Waals surface area contributed by atoms with Crippen LogP contribution in [0.3, 0.4) is 0 Å². The first-order valence-electron chi connectivity index (χ1n) is 6.90. The van der Waals surface area contributed by atoms with E-state index in [1.54, 1.807) is 12.4 Å². The number of anilines is 1. The van der Waals surface area contributed by atoms with E-state index in [2.05, 4.69) is 10.3 Å². The van der Waals surface area contributed by atoms with E-state index in [9.17, 15) is 4.79 Å². The van der Waals surface area contributed by atoms with Gasteiger partial charge in [-0.1, -0.05) is 0 Å². The molecule has 2 fully saturated rings. The Morgan fingerprint density at radius 2 is 2.21 bits per heavy atom. The van der Waals surface area contributed by atoms with Gasteiger partial charge in [0.2, 0.25) is 0 Å². The van der Waals surface area contributed by atoms with Gasteiger partial charge >= 0.3 is 0 Å². The first-order valence-corrected chi connectivity index (χ1v) is 6.90. The van der Waals surface area contributed by atoms with Crippen molar-refractivity contribution < 1.29 is 9.53 Å². The minimum atomic E-state index is 0.0595. The Morgan fingerprint density at radius 1 is 1.47 bits per heavy atom. The SMILES string of the molecule is CCNc1ccncc1C(=O)N1CC2CCC(C1)O2. The summed E-state index contributed by atoms with van der Waals surface area (Å²) in [6.07, 6.45) is 5.95. The van der Waals surface area contributed by atoms with Gasteiger partial charge in [-0.2, -0.15) is 0 Å². The van der Waals surface area contributed by atoms with Crippen molar-refractivity contribution in [1.29, 1.82) is 0 Å². The summed E-state index contributed by atoms with van der Waals surface area (Å²) < 4.78 is 5.77. The molecule has 2 aliphatic rings. The minimum Gasteiger partial charge on any atom is -0.385 e. The molecule has 2 bridgehead atoms. The lowest BCUT2D eigenvalue weighted by Crippen LogP contribution is -2.46. The number of aromatic nitrogens is 1. The van der Waals surface area contributed by atoms with E-state index in [0.29, 0.717) is 18.7 Å². The number of nitrogens with one attached hydrogen (secondary N) is 1. The molecule has 5 nitrogen and oxygen atoms in total. The Balaban J connectivity index is 1.80. The number of morpholine rings is 1. The summed E-state index contributed by atoms with van der Waals surface area (Å²) >= 11 is 0. The fourth-order valence-corrected chi connectivity index (χ4v) is 2.86. The maximum absolute atomic E-state index is 12.6. The highest BCUT2D eigenvalue weighted by molar-refractivity contribution is 5.99. The third-order valence-corrected chi connectivity index (χ3v) is 3.75. The van der Waals surface area contributed by atoms with Gasteiger partial charge < -0.3 is 15.0 Å². The van der Waals surface area contributed by atoms with Crippen LogP contribution in [0.1, 0.15) is 30.1 Å². The van der Waals surface area contributed by atoms with Crippen molar-refractivity contribution in [3.05, 3.63) is 24.0 Å². The fraction of sp³-hybridized carbons (Fsp3) is 0.571. The van der Waals surface area contributed by atoms with Crippen LogP contribution in [-0.4, -0.2) is 47.6 Å². The van der Waals surface area contributed by atoms with Crippen molar-refractivity contribution in [2.24, 2.45) is 0 Å². The molecule has 3 rings (SSSR count). The van der Waals surface area contributed by atoms with Gasteiger partial charge in [0.05, 0.1) is 23.5 Å². The quantitative estimate of drug-likeness (QED) is 0.896. The van der Waals surface area contributed by atoms with Crippen LogP contribution in [0.2, 0.25) is 0 Å². The lowest BCUT2D eigenvalue weighted by molar-refractivity contribution is -0.0303. The molecule has 1 aromatic rings. The number of carbonyl (C=O) groups is 1. The average Bonchev–Trinajstić information content (AvgIpc) is 2.78. The predicted molar refractivity (Wildman–Crippen MR) is 72.2 cm³/mol. The van der Waals surface area contributed by atoms with Gasteiger partial charge in [-0.3, -0.25) is 9.78 Å². The highest BCUT2D eigenvalue weighted by atomic mass is 16.5. The second-order valence-corrected chi connectivity index (χ2v) is 5.12. The van der Waals surface area contributed by atoms with E-state index in [-0.39, 0.29) is 18.1 Å². The summed E-state index contributed by atoms with van der Waals surface area (Å²) in [5.41, 5.74) is 1.52. The zero-order chi connectivity index (χ0) is 13.2. The number of pyridine rings is 1. The molecule has 0 radical (unpaired) electrons. The summed E-state index contributed by atoms with van der Waals surface area (Å²) in [6.45, 7) is 4.22. The van der Waals surface area contributed by atoms with Crippen LogP contribution in [0.15, 0.2) is 18.5 Å². The zero-order valence-corrected chi connectivity index (χ0v) is 11.1. The lowest BCUT2D eigenvalue weighted by atomic mass is 10.2. The van der Waals surface area contributed by atoms with Crippen LogP contribution in [-0.2, 0) is 4.74 Å². The molecule has 1 N–H and O–H groups in total. The summed E-state index contributed by atoms with van der Waals surface area (Å²) in [5, 5.41) is 3.22. The largest absolute Gasteiger partial charge is 0.385 e. The van der Waals surface area contributed by atoms with E-state index in [4.69, 9.17) is 4.74 Å². The van der Waals surface area contributed by atoms with Crippen LogP contribution < -0.4 is 5.32 Å². The number of hydrogen-bond donors (Lipinski definition) is 1. The highest BCUT2D eigenvalue weighted by Gasteiger charge is 2.36. The average molecular weight is 261 g/mol. The third-order valence-electron chi connectivity index (χ3n) is 3.75. The smallest absolute Gasteiger partial charge is 0.257 e. The van der Waals surface area contributed by atoms with Gasteiger partial charge in [0.1, 0.15) is 0 Å². The lowest BCUT2D eigenvalue weighted by Gasteiger charge is -2.32. The van der Waals surface area contributed by atoms with Crippen molar-refractivity contribution in [2.75, 3.05) is 25.0 Å². The number of likely N-dealkylation sites (tertiary alicyclic amines) is 1. The second kappa shape index (κ2) is 5.17. The molecule has 2 aliphatic heterocycles. The number of nitrogens with zero attached hydrogens (tertiary/aromatic N) is 2. The predicted octanol–water partition coefficient (Wildman–Crippen LogP) is 1.52. The van der Waals surface area contributed by atoms with E-state index >= 15 is 0 Å². The van der Waals surface area contributed by atoms with Crippen molar-refractivity contribution in [3.8, 4) is 0 Å². The van der Waals surface area contributed by atoms with Crippen LogP contribution in [0.5, 0.6) is 0 Å². The molecule has 5 heteroatoms. The molecular formula is C14H19N3O2. The molecule has 2 unspecified atom stereocenters. The highest BCUT2D eigenvalue weighted by Crippen LogP contribution is 2.28. The Morgan fingerprint density at radius 3 is 2.89 bits per heavy atom. The molecule has 2 saturated heterocycles. The standard InChI is InChI=1S/C14H19N3O2/c1-2-16-13-5-6-15-7-12(13)14(18)17-8-10-3-4-11(9-17)19-10/h5-7,10-11H,2-4,8-9H2,1H3,(H,15,16). The molecule has 0 spiro atoms. The molecule has 0 aliphatic carbocycles. The molecule has 102 valence electrons. The van der Waals surface area contributed by atoms with Crippen LogP contribution in [0.25, 0.3) is 0 Å². The monoisotopic (exact) mass is 261 g/mol. The molecule has 1 aromatic heterocycles. The van der Waals surface area contributed by atoms with Gasteiger partial charge in [-0.05, 0) is 25.8 Å². The number of fused-ring (bicyclic) bond motifs is 2. The maximum atomic E-state index is 12.6. The molecule has 1 amide bonds. The van der Waals surface area contributed by atoms with E-state index < -0.39 is 0 Å². The zero-order valence-electron chi connectivity index (χ0n) is 11.1. The van der Waals surface area contributed by atoms with Crippen LogP contribution in [0, 0.1) is 0 Å². The van der Waals surface area contributed by atoms with Gasteiger partial charge in [-0.25, -0.2) is 0 Å². The number of rotatable bonds is 3. The van der Waals surface area contributed by atoms with Crippen molar-refractivity contribution in [2.45, 2.75) is 32.0 Å². The molecule has 19 heavy (non-hydrogen) atoms. The third kappa shape index (κ3) is 2.42. The number of ether oxygens (including phenoxy) is 1. The van der Waals surface area contributed by atoms with Crippen molar-refractivity contribution >= 4 is 11.6 Å². The van der Waals surface area contributed by atoms with Gasteiger partial charge in [0, 0.05) is 32.0 Å². The Hall–Kier alpha value is -1.62. The van der Waals surface area contributed by atoms with Crippen LogP contribution >= 0.6 is 0 Å². The Kier molecular flexibility index (Phi) is 3.38. The normalized spacial score (nSPS) is 25.4. The summed E-state index contributed by atoms with van der Waals surface area (Å²) in [5.74, 6) is 0.0595. The minimum absolute atomic E-state index is 0.0595. The van der Waals surface area contributed by atoms with Gasteiger partial charge in [0.25, 0.3) is 5.91 Å².